The maximum Gasteiger partial charge on any atom is 0.164 e. The SMILES string of the molecule is c1ccc(-c2cccc(-c3nc(-c4ccc(-c5cccnc5)cc4)nc(-c4ccc5c(c4)-c4ccccc4C54c5ccccc5-c5ccccc54)n3)c2)cc1. The Balaban J connectivity index is 1.10. The molecule has 0 saturated carbocycles. The summed E-state index contributed by atoms with van der Waals surface area (Å²) in [5, 5.41) is 0. The molecule has 0 radical (unpaired) electrons. The Labute approximate surface area is 319 Å². The zero-order chi connectivity index (χ0) is 36.3. The van der Waals surface area contributed by atoms with Gasteiger partial charge in [-0.2, -0.15) is 0 Å². The molecule has 2 heterocycles. The van der Waals surface area contributed by atoms with Crippen molar-refractivity contribution < 1.29 is 0 Å². The minimum Gasteiger partial charge on any atom is -0.264 e. The van der Waals surface area contributed by atoms with Crippen molar-refractivity contribution in [2.24, 2.45) is 0 Å². The van der Waals surface area contributed by atoms with Gasteiger partial charge in [-0.25, -0.2) is 15.0 Å². The minimum atomic E-state index is -0.402. The highest BCUT2D eigenvalue weighted by Gasteiger charge is 2.51. The van der Waals surface area contributed by atoms with Crippen LogP contribution < -0.4 is 0 Å². The van der Waals surface area contributed by atoms with Crippen LogP contribution in [-0.4, -0.2) is 19.9 Å². The first-order chi connectivity index (χ1) is 27.3. The van der Waals surface area contributed by atoms with Gasteiger partial charge in [0.25, 0.3) is 0 Å². The first-order valence-electron chi connectivity index (χ1n) is 18.6. The highest BCUT2D eigenvalue weighted by atomic mass is 15.0. The molecule has 0 atom stereocenters. The van der Waals surface area contributed by atoms with Crippen molar-refractivity contribution in [1.29, 1.82) is 0 Å². The highest BCUT2D eigenvalue weighted by molar-refractivity contribution is 5.96. The summed E-state index contributed by atoms with van der Waals surface area (Å²) in [4.78, 5) is 19.8. The van der Waals surface area contributed by atoms with E-state index in [4.69, 9.17) is 15.0 Å². The van der Waals surface area contributed by atoms with Gasteiger partial charge >= 0.3 is 0 Å². The van der Waals surface area contributed by atoms with Crippen LogP contribution in [0.1, 0.15) is 22.3 Å². The topological polar surface area (TPSA) is 51.6 Å². The quantitative estimate of drug-likeness (QED) is 0.179. The summed E-state index contributed by atoms with van der Waals surface area (Å²) < 4.78 is 0. The van der Waals surface area contributed by atoms with E-state index in [1.54, 1.807) is 6.20 Å². The predicted octanol–water partition coefficient (Wildman–Crippen LogP) is 11.9. The number of nitrogens with zero attached hydrogens (tertiary/aromatic N) is 4. The van der Waals surface area contributed by atoms with Gasteiger partial charge in [0.05, 0.1) is 5.41 Å². The van der Waals surface area contributed by atoms with Gasteiger partial charge < -0.3 is 0 Å². The van der Waals surface area contributed by atoms with Crippen molar-refractivity contribution in [3.8, 4) is 78.7 Å². The molecule has 0 aliphatic heterocycles. The normalized spacial score (nSPS) is 12.9. The number of hydrogen-bond donors (Lipinski definition) is 0. The standard InChI is InChI=1S/C51H32N4/c1-2-12-33(13-3-1)36-14-10-15-37(30-36)49-53-48(35-25-23-34(24-26-35)39-16-11-29-52-32-39)54-50(55-49)38-27-28-47-43(31-38)42-19-6-9-22-46(42)51(47)44-20-7-4-17-40(44)41-18-5-8-21-45(41)51/h1-32H. The van der Waals surface area contributed by atoms with Crippen LogP contribution in [0.3, 0.4) is 0 Å². The van der Waals surface area contributed by atoms with Gasteiger partial charge in [-0.05, 0) is 85.0 Å². The smallest absolute Gasteiger partial charge is 0.164 e. The molecule has 2 aromatic heterocycles. The average molecular weight is 701 g/mol. The maximum atomic E-state index is 5.21. The summed E-state index contributed by atoms with van der Waals surface area (Å²) in [5.74, 6) is 1.89. The summed E-state index contributed by atoms with van der Waals surface area (Å²) in [5.41, 5.74) is 17.1. The van der Waals surface area contributed by atoms with Crippen LogP contribution >= 0.6 is 0 Å². The summed E-state index contributed by atoms with van der Waals surface area (Å²) in [6.45, 7) is 0. The summed E-state index contributed by atoms with van der Waals surface area (Å²) >= 11 is 0. The molecule has 0 bridgehead atoms. The fraction of sp³-hybridized carbons (Fsp3) is 0.0196. The number of aromatic nitrogens is 4. The summed E-state index contributed by atoms with van der Waals surface area (Å²) in [6, 6.07) is 64.8. The number of rotatable bonds is 5. The average Bonchev–Trinajstić information content (AvgIpc) is 3.74. The van der Waals surface area contributed by atoms with E-state index < -0.39 is 5.41 Å². The lowest BCUT2D eigenvalue weighted by Crippen LogP contribution is -2.25. The van der Waals surface area contributed by atoms with E-state index in [9.17, 15) is 0 Å². The van der Waals surface area contributed by atoms with Gasteiger partial charge in [0.2, 0.25) is 0 Å². The number of fused-ring (bicyclic) bond motifs is 10. The zero-order valence-corrected chi connectivity index (χ0v) is 29.8. The Morgan fingerprint density at radius 2 is 0.745 bits per heavy atom. The second kappa shape index (κ2) is 12.4. The van der Waals surface area contributed by atoms with Crippen LogP contribution in [0.2, 0.25) is 0 Å². The Morgan fingerprint density at radius 3 is 1.38 bits per heavy atom. The van der Waals surface area contributed by atoms with E-state index in [0.717, 1.165) is 38.9 Å². The van der Waals surface area contributed by atoms with E-state index in [1.807, 2.05) is 18.3 Å². The monoisotopic (exact) mass is 700 g/mol. The van der Waals surface area contributed by atoms with Gasteiger partial charge in [-0.1, -0.05) is 164 Å². The van der Waals surface area contributed by atoms with Gasteiger partial charge in [-0.3, -0.25) is 4.98 Å². The van der Waals surface area contributed by atoms with Gasteiger partial charge in [0.1, 0.15) is 0 Å². The lowest BCUT2D eigenvalue weighted by Gasteiger charge is -2.30. The molecule has 0 fully saturated rings. The molecule has 2 aliphatic carbocycles. The van der Waals surface area contributed by atoms with Crippen LogP contribution in [0.25, 0.3) is 78.7 Å². The van der Waals surface area contributed by atoms with Gasteiger partial charge in [0.15, 0.2) is 17.5 Å². The van der Waals surface area contributed by atoms with E-state index in [-0.39, 0.29) is 0 Å². The van der Waals surface area contributed by atoms with Crippen molar-refractivity contribution in [2.75, 3.05) is 0 Å². The predicted molar refractivity (Wildman–Crippen MR) is 221 cm³/mol. The number of benzene rings is 7. The number of hydrogen-bond acceptors (Lipinski definition) is 4. The summed E-state index contributed by atoms with van der Waals surface area (Å²) in [7, 11) is 0. The molecule has 0 amide bonds. The maximum absolute atomic E-state index is 5.21. The second-order valence-corrected chi connectivity index (χ2v) is 14.2. The molecule has 0 saturated heterocycles. The third-order valence-electron chi connectivity index (χ3n) is 11.3. The van der Waals surface area contributed by atoms with E-state index in [1.165, 1.54) is 44.5 Å². The lowest BCUT2D eigenvalue weighted by atomic mass is 9.70. The number of pyridine rings is 1. The van der Waals surface area contributed by atoms with Crippen molar-refractivity contribution in [1.82, 2.24) is 19.9 Å². The Hall–Kier alpha value is -7.30. The second-order valence-electron chi connectivity index (χ2n) is 14.2. The van der Waals surface area contributed by atoms with Gasteiger partial charge in [-0.15, -0.1) is 0 Å². The van der Waals surface area contributed by atoms with Crippen molar-refractivity contribution in [3.63, 3.8) is 0 Å². The van der Waals surface area contributed by atoms with Crippen LogP contribution in [0, 0.1) is 0 Å². The Kier molecular flexibility index (Phi) is 7.04. The van der Waals surface area contributed by atoms with E-state index in [2.05, 4.69) is 175 Å². The molecule has 2 aliphatic rings. The van der Waals surface area contributed by atoms with E-state index in [0.29, 0.717) is 17.5 Å². The molecular weight excluding hydrogens is 669 g/mol. The van der Waals surface area contributed by atoms with Crippen LogP contribution in [-0.2, 0) is 5.41 Å². The van der Waals surface area contributed by atoms with Gasteiger partial charge in [0, 0.05) is 29.1 Å². The zero-order valence-electron chi connectivity index (χ0n) is 29.8. The van der Waals surface area contributed by atoms with Crippen LogP contribution in [0.4, 0.5) is 0 Å². The molecular formula is C51H32N4. The van der Waals surface area contributed by atoms with Crippen molar-refractivity contribution in [2.45, 2.75) is 5.41 Å². The molecule has 55 heavy (non-hydrogen) atoms. The molecule has 9 aromatic rings. The molecule has 4 nitrogen and oxygen atoms in total. The fourth-order valence-electron chi connectivity index (χ4n) is 8.82. The molecule has 7 aromatic carbocycles. The van der Waals surface area contributed by atoms with Crippen LogP contribution in [0.5, 0.6) is 0 Å². The van der Waals surface area contributed by atoms with E-state index >= 15 is 0 Å². The largest absolute Gasteiger partial charge is 0.264 e. The van der Waals surface area contributed by atoms with Crippen molar-refractivity contribution >= 4 is 0 Å². The molecule has 0 unspecified atom stereocenters. The lowest BCUT2D eigenvalue weighted by molar-refractivity contribution is 0.794. The third-order valence-corrected chi connectivity index (χ3v) is 11.3. The van der Waals surface area contributed by atoms with Crippen molar-refractivity contribution in [3.05, 3.63) is 217 Å². The minimum absolute atomic E-state index is 0.402. The highest BCUT2D eigenvalue weighted by Crippen LogP contribution is 2.62. The first-order valence-corrected chi connectivity index (χ1v) is 18.6. The first kappa shape index (κ1) is 31.2. The molecule has 11 rings (SSSR count). The molecule has 4 heteroatoms. The fourth-order valence-corrected chi connectivity index (χ4v) is 8.82. The Bertz CT molecular complexity index is 2870. The molecule has 256 valence electrons. The van der Waals surface area contributed by atoms with Crippen LogP contribution in [0.15, 0.2) is 194 Å². The molecule has 0 N–H and O–H groups in total. The summed E-state index contributed by atoms with van der Waals surface area (Å²) in [6.07, 6.45) is 3.67. The third kappa shape index (κ3) is 4.85. The molecule has 1 spiro atoms. The Morgan fingerprint density at radius 1 is 0.291 bits per heavy atom.